The molecule has 0 fully saturated rings. The van der Waals surface area contributed by atoms with Crippen molar-refractivity contribution in [1.82, 2.24) is 0 Å². The molecular formula is C13H12ClN2O+. The van der Waals surface area contributed by atoms with E-state index in [0.717, 1.165) is 5.56 Å². The molecule has 1 heterocycles. The Balaban J connectivity index is 2.23. The SMILES string of the molecule is Cc1ccc(Cl)c(C(=O)N[n+]2ccccc2)c1. The number of aryl methyl sites for hydroxylation is 1. The molecule has 0 bridgehead atoms. The van der Waals surface area contributed by atoms with Gasteiger partial charge in [0.25, 0.3) is 0 Å². The number of benzene rings is 1. The van der Waals surface area contributed by atoms with Crippen molar-refractivity contribution in [3.63, 3.8) is 0 Å². The van der Waals surface area contributed by atoms with Crippen molar-refractivity contribution in [2.75, 3.05) is 5.43 Å². The number of nitrogens with zero attached hydrogens (tertiary/aromatic N) is 1. The van der Waals surface area contributed by atoms with Crippen LogP contribution >= 0.6 is 11.6 Å². The molecule has 0 atom stereocenters. The molecule has 4 heteroatoms. The van der Waals surface area contributed by atoms with Crippen LogP contribution in [-0.4, -0.2) is 5.91 Å². The van der Waals surface area contributed by atoms with Gasteiger partial charge >= 0.3 is 5.91 Å². The lowest BCUT2D eigenvalue weighted by Crippen LogP contribution is -2.47. The van der Waals surface area contributed by atoms with E-state index >= 15 is 0 Å². The Bertz CT molecular complexity index is 540. The fourth-order valence-electron chi connectivity index (χ4n) is 1.46. The zero-order valence-electron chi connectivity index (χ0n) is 9.35. The maximum atomic E-state index is 12.0. The summed E-state index contributed by atoms with van der Waals surface area (Å²) in [4.78, 5) is 12.0. The van der Waals surface area contributed by atoms with Crippen molar-refractivity contribution in [3.05, 3.63) is 64.9 Å². The van der Waals surface area contributed by atoms with Crippen molar-refractivity contribution in [1.29, 1.82) is 0 Å². The van der Waals surface area contributed by atoms with Gasteiger partial charge in [-0.25, -0.2) is 0 Å². The normalized spacial score (nSPS) is 10.0. The van der Waals surface area contributed by atoms with Gasteiger partial charge in [0.15, 0.2) is 12.4 Å². The molecule has 0 saturated carbocycles. The van der Waals surface area contributed by atoms with Crippen LogP contribution in [0.5, 0.6) is 0 Å². The van der Waals surface area contributed by atoms with Crippen LogP contribution in [0.2, 0.25) is 5.02 Å². The van der Waals surface area contributed by atoms with Crippen LogP contribution in [0, 0.1) is 6.92 Å². The first kappa shape index (κ1) is 11.6. The highest BCUT2D eigenvalue weighted by Gasteiger charge is 2.13. The number of hydrogen-bond donors (Lipinski definition) is 1. The van der Waals surface area contributed by atoms with Crippen LogP contribution in [0.25, 0.3) is 0 Å². The molecule has 0 saturated heterocycles. The lowest BCUT2D eigenvalue weighted by molar-refractivity contribution is -0.641. The molecule has 0 unspecified atom stereocenters. The van der Waals surface area contributed by atoms with E-state index in [4.69, 9.17) is 11.6 Å². The second kappa shape index (κ2) is 4.97. The molecule has 0 aliphatic carbocycles. The Morgan fingerprint density at radius 2 is 1.94 bits per heavy atom. The quantitative estimate of drug-likeness (QED) is 0.812. The summed E-state index contributed by atoms with van der Waals surface area (Å²) in [6, 6.07) is 10.9. The van der Waals surface area contributed by atoms with Gasteiger partial charge in [0, 0.05) is 12.1 Å². The number of aromatic nitrogens is 1. The smallest absolute Gasteiger partial charge is 0.263 e. The lowest BCUT2D eigenvalue weighted by atomic mass is 10.1. The van der Waals surface area contributed by atoms with Gasteiger partial charge in [-0.05, 0) is 19.1 Å². The molecule has 2 rings (SSSR count). The molecule has 0 aliphatic heterocycles. The van der Waals surface area contributed by atoms with Crippen LogP contribution in [0.3, 0.4) is 0 Å². The average Bonchev–Trinajstić information content (AvgIpc) is 2.33. The maximum Gasteiger partial charge on any atom is 0.306 e. The second-order valence-corrected chi connectivity index (χ2v) is 4.11. The Hall–Kier alpha value is -1.87. The van der Waals surface area contributed by atoms with Gasteiger partial charge in [-0.1, -0.05) is 34.0 Å². The number of hydrogen-bond acceptors (Lipinski definition) is 1. The Morgan fingerprint density at radius 1 is 1.24 bits per heavy atom. The van der Waals surface area contributed by atoms with Gasteiger partial charge in [-0.15, -0.1) is 5.43 Å². The monoisotopic (exact) mass is 247 g/mol. The molecule has 1 aromatic heterocycles. The third kappa shape index (κ3) is 2.82. The predicted octanol–water partition coefficient (Wildman–Crippen LogP) is 2.32. The van der Waals surface area contributed by atoms with Gasteiger partial charge < -0.3 is 0 Å². The number of pyridine rings is 1. The van der Waals surface area contributed by atoms with E-state index in [9.17, 15) is 4.79 Å². The number of carbonyl (C=O) groups excluding carboxylic acids is 1. The van der Waals surface area contributed by atoms with Crippen LogP contribution in [0.15, 0.2) is 48.8 Å². The summed E-state index contributed by atoms with van der Waals surface area (Å²) in [7, 11) is 0. The Kier molecular flexibility index (Phi) is 3.40. The second-order valence-electron chi connectivity index (χ2n) is 3.71. The molecule has 17 heavy (non-hydrogen) atoms. The highest BCUT2D eigenvalue weighted by atomic mass is 35.5. The minimum absolute atomic E-state index is 0.227. The molecule has 1 amide bonds. The molecule has 2 aromatic rings. The van der Waals surface area contributed by atoms with Gasteiger partial charge in [0.2, 0.25) is 0 Å². The summed E-state index contributed by atoms with van der Waals surface area (Å²) in [6.45, 7) is 1.92. The fraction of sp³-hybridized carbons (Fsp3) is 0.0769. The lowest BCUT2D eigenvalue weighted by Gasteiger charge is -2.03. The van der Waals surface area contributed by atoms with Crippen LogP contribution in [0.4, 0.5) is 0 Å². The van der Waals surface area contributed by atoms with Crippen molar-refractivity contribution >= 4 is 17.5 Å². The van der Waals surface area contributed by atoms with E-state index in [0.29, 0.717) is 10.6 Å². The van der Waals surface area contributed by atoms with Gasteiger partial charge in [-0.2, -0.15) is 0 Å². The van der Waals surface area contributed by atoms with E-state index in [-0.39, 0.29) is 5.91 Å². The van der Waals surface area contributed by atoms with Crippen LogP contribution < -0.4 is 10.1 Å². The number of amides is 1. The summed E-state index contributed by atoms with van der Waals surface area (Å²) < 4.78 is 1.58. The minimum Gasteiger partial charge on any atom is -0.263 e. The zero-order valence-corrected chi connectivity index (χ0v) is 10.1. The summed E-state index contributed by atoms with van der Waals surface area (Å²) in [6.07, 6.45) is 3.50. The van der Waals surface area contributed by atoms with E-state index in [2.05, 4.69) is 5.43 Å². The molecule has 86 valence electrons. The van der Waals surface area contributed by atoms with E-state index in [1.165, 1.54) is 0 Å². The largest absolute Gasteiger partial charge is 0.306 e. The summed E-state index contributed by atoms with van der Waals surface area (Å²) >= 11 is 5.99. The molecule has 1 aromatic carbocycles. The Labute approximate surface area is 105 Å². The average molecular weight is 248 g/mol. The third-order valence-corrected chi connectivity index (χ3v) is 2.64. The van der Waals surface area contributed by atoms with Crippen molar-refractivity contribution in [2.45, 2.75) is 6.92 Å². The number of carbonyl (C=O) groups is 1. The van der Waals surface area contributed by atoms with E-state index < -0.39 is 0 Å². The highest BCUT2D eigenvalue weighted by Crippen LogP contribution is 2.16. The first-order valence-corrected chi connectivity index (χ1v) is 5.58. The molecule has 0 radical (unpaired) electrons. The van der Waals surface area contributed by atoms with Crippen molar-refractivity contribution in [2.24, 2.45) is 0 Å². The first-order valence-electron chi connectivity index (χ1n) is 5.20. The predicted molar refractivity (Wildman–Crippen MR) is 66.5 cm³/mol. The first-order chi connectivity index (χ1) is 8.16. The fourth-order valence-corrected chi connectivity index (χ4v) is 1.67. The topological polar surface area (TPSA) is 33.0 Å². The molecule has 0 spiro atoms. The third-order valence-electron chi connectivity index (χ3n) is 2.31. The van der Waals surface area contributed by atoms with Gasteiger partial charge in [0.1, 0.15) is 0 Å². The molecular weight excluding hydrogens is 236 g/mol. The Morgan fingerprint density at radius 3 is 2.65 bits per heavy atom. The molecule has 1 N–H and O–H groups in total. The van der Waals surface area contributed by atoms with Crippen molar-refractivity contribution < 1.29 is 9.47 Å². The number of rotatable bonds is 2. The number of nitrogens with one attached hydrogen (secondary N) is 1. The summed E-state index contributed by atoms with van der Waals surface area (Å²) in [5, 5.41) is 0.449. The number of halogens is 1. The van der Waals surface area contributed by atoms with Gasteiger partial charge in [0.05, 0.1) is 10.6 Å². The van der Waals surface area contributed by atoms with Crippen molar-refractivity contribution in [3.8, 4) is 0 Å². The summed E-state index contributed by atoms with van der Waals surface area (Å²) in [5.41, 5.74) is 4.19. The standard InChI is InChI=1S/C13H11ClN2O/c1-10-5-6-12(14)11(9-10)13(17)15-16-7-3-2-4-8-16/h2-9H,1H3/p+1. The van der Waals surface area contributed by atoms with E-state index in [1.807, 2.05) is 31.2 Å². The van der Waals surface area contributed by atoms with Gasteiger partial charge in [-0.3, -0.25) is 4.79 Å². The van der Waals surface area contributed by atoms with Crippen LogP contribution in [-0.2, 0) is 0 Å². The maximum absolute atomic E-state index is 12.0. The highest BCUT2D eigenvalue weighted by molar-refractivity contribution is 6.34. The van der Waals surface area contributed by atoms with E-state index in [1.54, 1.807) is 29.2 Å². The molecule has 3 nitrogen and oxygen atoms in total. The molecule has 0 aliphatic rings. The minimum atomic E-state index is -0.227. The summed E-state index contributed by atoms with van der Waals surface area (Å²) in [5.74, 6) is -0.227. The van der Waals surface area contributed by atoms with Crippen LogP contribution in [0.1, 0.15) is 15.9 Å². The zero-order chi connectivity index (χ0) is 12.3.